The molecular weight excluding hydrogens is 538 g/mol. The number of aryl methyl sites for hydroxylation is 1. The quantitative estimate of drug-likeness (QED) is 0.225. The van der Waals surface area contributed by atoms with Crippen LogP contribution in [-0.4, -0.2) is 54.0 Å². The molecule has 0 spiro atoms. The molecular formula is C32H29N3O5S. The second-order valence-electron chi connectivity index (χ2n) is 9.75. The maximum atomic E-state index is 10.8. The first-order valence-corrected chi connectivity index (χ1v) is 14.2. The number of aliphatic carboxylic acids is 1. The maximum absolute atomic E-state index is 10.8. The number of aromatic nitrogens is 2. The molecule has 1 fully saturated rings. The Morgan fingerprint density at radius 2 is 1.80 bits per heavy atom. The van der Waals surface area contributed by atoms with Crippen LogP contribution in [0.1, 0.15) is 10.6 Å². The Balaban J connectivity index is 1.28. The molecule has 1 aliphatic heterocycles. The summed E-state index contributed by atoms with van der Waals surface area (Å²) in [5.74, 6) is 0.158. The zero-order valence-electron chi connectivity index (χ0n) is 22.6. The van der Waals surface area contributed by atoms with Gasteiger partial charge in [0.05, 0.1) is 29.3 Å². The van der Waals surface area contributed by atoms with Gasteiger partial charge in [0.25, 0.3) is 0 Å². The van der Waals surface area contributed by atoms with E-state index in [4.69, 9.17) is 29.3 Å². The molecule has 1 N–H and O–H groups in total. The van der Waals surface area contributed by atoms with Crippen LogP contribution in [0.3, 0.4) is 0 Å². The molecule has 0 unspecified atom stereocenters. The monoisotopic (exact) mass is 567 g/mol. The summed E-state index contributed by atoms with van der Waals surface area (Å²) in [4.78, 5) is 23.9. The molecule has 0 atom stereocenters. The second-order valence-corrected chi connectivity index (χ2v) is 10.8. The Labute approximate surface area is 241 Å². The molecule has 5 aromatic rings. The van der Waals surface area contributed by atoms with Crippen LogP contribution >= 0.6 is 11.3 Å². The van der Waals surface area contributed by atoms with Gasteiger partial charge >= 0.3 is 5.97 Å². The zero-order valence-corrected chi connectivity index (χ0v) is 23.4. The molecule has 0 amide bonds. The van der Waals surface area contributed by atoms with E-state index < -0.39 is 5.97 Å². The highest BCUT2D eigenvalue weighted by atomic mass is 32.1. The number of fused-ring (bicyclic) bond motifs is 1. The number of carbonyl (C=O) groups is 1. The zero-order chi connectivity index (χ0) is 28.2. The molecule has 9 heteroatoms. The number of hydrogen-bond acceptors (Lipinski definition) is 8. The molecule has 0 aliphatic carbocycles. The summed E-state index contributed by atoms with van der Waals surface area (Å²) in [7, 11) is 0. The average molecular weight is 568 g/mol. The molecule has 1 saturated heterocycles. The third-order valence-corrected chi connectivity index (χ3v) is 7.98. The van der Waals surface area contributed by atoms with E-state index in [2.05, 4.69) is 41.3 Å². The minimum absolute atomic E-state index is 0.291. The van der Waals surface area contributed by atoms with Crippen molar-refractivity contribution in [1.82, 2.24) is 9.97 Å². The number of morpholine rings is 1. The predicted molar refractivity (Wildman–Crippen MR) is 160 cm³/mol. The molecule has 3 aromatic carbocycles. The summed E-state index contributed by atoms with van der Waals surface area (Å²) in [5, 5.41) is 10.8. The van der Waals surface area contributed by atoms with Crippen molar-refractivity contribution in [3.8, 4) is 33.2 Å². The summed E-state index contributed by atoms with van der Waals surface area (Å²) in [6.45, 7) is 5.02. The van der Waals surface area contributed by atoms with Crippen molar-refractivity contribution in [2.45, 2.75) is 13.5 Å². The minimum Gasteiger partial charge on any atom is -0.486 e. The number of rotatable bonds is 9. The van der Waals surface area contributed by atoms with Gasteiger partial charge in [-0.15, -0.1) is 11.3 Å². The SMILES string of the molecule is Cc1cc(OCc2nc(-c3ccc(N4CCOCC4)cc3)c(-c3cnc4ccccc4c3)s2)ccc1OCC(=O)O. The molecule has 0 bridgehead atoms. The summed E-state index contributed by atoms with van der Waals surface area (Å²) in [6.07, 6.45) is 1.91. The van der Waals surface area contributed by atoms with Gasteiger partial charge in [-0.25, -0.2) is 9.78 Å². The van der Waals surface area contributed by atoms with Crippen LogP contribution in [-0.2, 0) is 16.1 Å². The number of benzene rings is 3. The molecule has 8 nitrogen and oxygen atoms in total. The summed E-state index contributed by atoms with van der Waals surface area (Å²) in [6, 6.07) is 24.1. The highest BCUT2D eigenvalue weighted by Gasteiger charge is 2.18. The van der Waals surface area contributed by atoms with Gasteiger partial charge in [-0.2, -0.15) is 0 Å². The van der Waals surface area contributed by atoms with E-state index in [0.29, 0.717) is 18.1 Å². The molecule has 1 aliphatic rings. The van der Waals surface area contributed by atoms with Crippen molar-refractivity contribution in [3.05, 3.63) is 89.6 Å². The fourth-order valence-corrected chi connectivity index (χ4v) is 5.80. The fourth-order valence-electron chi connectivity index (χ4n) is 4.82. The molecule has 6 rings (SSSR count). The third kappa shape index (κ3) is 6.16. The van der Waals surface area contributed by atoms with Crippen molar-refractivity contribution in [2.75, 3.05) is 37.8 Å². The van der Waals surface area contributed by atoms with E-state index in [1.54, 1.807) is 23.5 Å². The van der Waals surface area contributed by atoms with Gasteiger partial charge in [-0.05, 0) is 55.0 Å². The Hall–Kier alpha value is -4.47. The van der Waals surface area contributed by atoms with Crippen LogP contribution in [0.4, 0.5) is 5.69 Å². The third-order valence-electron chi connectivity index (χ3n) is 6.90. The van der Waals surface area contributed by atoms with Crippen LogP contribution in [0.15, 0.2) is 79.0 Å². The lowest BCUT2D eigenvalue weighted by atomic mass is 10.1. The van der Waals surface area contributed by atoms with Gasteiger partial charge in [0, 0.05) is 41.5 Å². The second kappa shape index (κ2) is 12.0. The number of carboxylic acids is 1. The largest absolute Gasteiger partial charge is 0.486 e. The van der Waals surface area contributed by atoms with Crippen LogP contribution < -0.4 is 14.4 Å². The molecule has 41 heavy (non-hydrogen) atoms. The lowest BCUT2D eigenvalue weighted by molar-refractivity contribution is -0.139. The predicted octanol–water partition coefficient (Wildman–Crippen LogP) is 6.21. The normalized spacial score (nSPS) is 13.3. The smallest absolute Gasteiger partial charge is 0.341 e. The van der Waals surface area contributed by atoms with Crippen molar-refractivity contribution in [3.63, 3.8) is 0 Å². The van der Waals surface area contributed by atoms with Crippen LogP contribution in [0.5, 0.6) is 11.5 Å². The average Bonchev–Trinajstić information content (AvgIpc) is 3.44. The molecule has 0 saturated carbocycles. The van der Waals surface area contributed by atoms with E-state index in [1.807, 2.05) is 37.4 Å². The first kappa shape index (κ1) is 26.7. The van der Waals surface area contributed by atoms with Crippen molar-refractivity contribution >= 4 is 33.9 Å². The van der Waals surface area contributed by atoms with E-state index >= 15 is 0 Å². The van der Waals surface area contributed by atoms with Crippen molar-refractivity contribution in [2.24, 2.45) is 0 Å². The minimum atomic E-state index is -1.02. The molecule has 0 radical (unpaired) electrons. The number of ether oxygens (including phenoxy) is 3. The number of nitrogens with zero attached hydrogens (tertiary/aromatic N) is 3. The van der Waals surface area contributed by atoms with E-state index in [-0.39, 0.29) is 6.61 Å². The number of pyridine rings is 1. The Morgan fingerprint density at radius 1 is 1.00 bits per heavy atom. The summed E-state index contributed by atoms with van der Waals surface area (Å²) >= 11 is 1.59. The van der Waals surface area contributed by atoms with Gasteiger partial charge in [-0.1, -0.05) is 30.3 Å². The number of thiazole rings is 1. The standard InChI is InChI=1S/C32H29N3O5S/c1-21-16-26(10-11-28(21)40-20-30(36)37)39-19-29-34-31(22-6-8-25(9-7-22)35-12-14-38-15-13-35)32(41-29)24-17-23-4-2-3-5-27(23)33-18-24/h2-11,16-18H,12-15,19-20H2,1H3,(H,36,37). The Bertz CT molecular complexity index is 1680. The van der Waals surface area contributed by atoms with Crippen molar-refractivity contribution < 1.29 is 24.1 Å². The van der Waals surface area contributed by atoms with Gasteiger partial charge in [0.2, 0.25) is 0 Å². The molecule has 2 aromatic heterocycles. The maximum Gasteiger partial charge on any atom is 0.341 e. The molecule has 3 heterocycles. The topological polar surface area (TPSA) is 94.0 Å². The van der Waals surface area contributed by atoms with Gasteiger partial charge in [-0.3, -0.25) is 4.98 Å². The van der Waals surface area contributed by atoms with Gasteiger partial charge in [0.1, 0.15) is 23.1 Å². The number of anilines is 1. The van der Waals surface area contributed by atoms with Crippen LogP contribution in [0.2, 0.25) is 0 Å². The van der Waals surface area contributed by atoms with Crippen LogP contribution in [0.25, 0.3) is 32.6 Å². The number of carboxylic acid groups (broad SMARTS) is 1. The summed E-state index contributed by atoms with van der Waals surface area (Å²) < 4.78 is 16.9. The van der Waals surface area contributed by atoms with Gasteiger partial charge in [0.15, 0.2) is 6.61 Å². The van der Waals surface area contributed by atoms with Crippen molar-refractivity contribution in [1.29, 1.82) is 0 Å². The number of para-hydroxylation sites is 1. The number of hydrogen-bond donors (Lipinski definition) is 1. The lowest BCUT2D eigenvalue weighted by Gasteiger charge is -2.28. The summed E-state index contributed by atoms with van der Waals surface area (Å²) in [5.41, 5.74) is 5.86. The van der Waals surface area contributed by atoms with E-state index in [0.717, 1.165) is 69.5 Å². The fraction of sp³-hybridized carbons (Fsp3) is 0.219. The lowest BCUT2D eigenvalue weighted by Crippen LogP contribution is -2.36. The Kier molecular flexibility index (Phi) is 7.80. The van der Waals surface area contributed by atoms with Gasteiger partial charge < -0.3 is 24.2 Å². The van der Waals surface area contributed by atoms with E-state index in [1.165, 1.54) is 5.69 Å². The highest BCUT2D eigenvalue weighted by Crippen LogP contribution is 2.38. The Morgan fingerprint density at radius 3 is 2.59 bits per heavy atom. The first-order chi connectivity index (χ1) is 20.0. The molecule has 208 valence electrons. The first-order valence-electron chi connectivity index (χ1n) is 13.4. The highest BCUT2D eigenvalue weighted by molar-refractivity contribution is 7.15. The van der Waals surface area contributed by atoms with Crippen LogP contribution in [0, 0.1) is 6.92 Å². The van der Waals surface area contributed by atoms with E-state index in [9.17, 15) is 4.79 Å².